The van der Waals surface area contributed by atoms with Crippen LogP contribution in [0.15, 0.2) is 24.3 Å². The zero-order valence-electron chi connectivity index (χ0n) is 12.0. The Morgan fingerprint density at radius 3 is 2.43 bits per heavy atom. The van der Waals surface area contributed by atoms with E-state index < -0.39 is 24.0 Å². The highest BCUT2D eigenvalue weighted by atomic mass is 16.5. The number of benzene rings is 1. The van der Waals surface area contributed by atoms with Crippen LogP contribution in [0.2, 0.25) is 0 Å². The molecule has 1 aromatic carbocycles. The number of anilines is 1. The van der Waals surface area contributed by atoms with Gasteiger partial charge in [-0.3, -0.25) is 4.79 Å². The number of aliphatic hydroxyl groups is 1. The van der Waals surface area contributed by atoms with Crippen LogP contribution in [0, 0.1) is 0 Å². The summed E-state index contributed by atoms with van der Waals surface area (Å²) in [7, 11) is 0. The number of aliphatic carboxylic acids is 1. The Morgan fingerprint density at radius 2 is 1.90 bits per heavy atom. The maximum atomic E-state index is 11.6. The molecule has 0 spiro atoms. The number of nitrogens with one attached hydrogen (secondary N) is 2. The van der Waals surface area contributed by atoms with Gasteiger partial charge in [-0.15, -0.1) is 0 Å². The van der Waals surface area contributed by atoms with Gasteiger partial charge < -0.3 is 25.6 Å². The topological polar surface area (TPSA) is 108 Å². The second-order valence-electron chi connectivity index (χ2n) is 4.83. The number of ether oxygens (including phenoxy) is 1. The molecular formula is C14H20N2O5. The number of carbonyl (C=O) groups is 2. The average Bonchev–Trinajstić information content (AvgIpc) is 2.38. The molecule has 0 aliphatic rings. The number of carbonyl (C=O) groups excluding carboxylic acids is 1. The quantitative estimate of drug-likeness (QED) is 0.609. The van der Waals surface area contributed by atoms with E-state index in [9.17, 15) is 14.7 Å². The molecule has 0 saturated heterocycles. The summed E-state index contributed by atoms with van der Waals surface area (Å²) in [5.74, 6) is -0.429. The van der Waals surface area contributed by atoms with E-state index in [4.69, 9.17) is 9.84 Å². The molecule has 0 fully saturated rings. The molecule has 7 nitrogen and oxygen atoms in total. The molecule has 4 N–H and O–H groups in total. The van der Waals surface area contributed by atoms with E-state index in [1.165, 1.54) is 6.92 Å². The van der Waals surface area contributed by atoms with Gasteiger partial charge in [0.1, 0.15) is 5.75 Å². The highest BCUT2D eigenvalue weighted by Crippen LogP contribution is 2.15. The second-order valence-corrected chi connectivity index (χ2v) is 4.83. The van der Waals surface area contributed by atoms with Crippen LogP contribution in [0.5, 0.6) is 5.75 Å². The summed E-state index contributed by atoms with van der Waals surface area (Å²) in [5, 5.41) is 23.4. The number of carboxylic acid groups (broad SMARTS) is 1. The Kier molecular flexibility index (Phi) is 5.98. The summed E-state index contributed by atoms with van der Waals surface area (Å²) >= 11 is 0. The van der Waals surface area contributed by atoms with Crippen LogP contribution < -0.4 is 15.4 Å². The second kappa shape index (κ2) is 7.49. The molecule has 1 rings (SSSR count). The number of rotatable bonds is 7. The standard InChI is InChI=1S/C14H20N2O5/c1-3-21-11-6-4-10(5-7-11)16-13(19)15-9-14(2,20)8-12(17)18/h4-7,20H,3,8-9H2,1-2H3,(H,17,18)(H2,15,16,19). The first-order chi connectivity index (χ1) is 9.82. The van der Waals surface area contributed by atoms with Gasteiger partial charge in [-0.05, 0) is 38.1 Å². The van der Waals surface area contributed by atoms with Gasteiger partial charge in [0.2, 0.25) is 0 Å². The van der Waals surface area contributed by atoms with Gasteiger partial charge in [0, 0.05) is 12.2 Å². The summed E-state index contributed by atoms with van der Waals surface area (Å²) in [4.78, 5) is 22.2. The van der Waals surface area contributed by atoms with Crippen molar-refractivity contribution in [2.75, 3.05) is 18.5 Å². The Bertz CT molecular complexity index is 485. The lowest BCUT2D eigenvalue weighted by atomic mass is 10.0. The van der Waals surface area contributed by atoms with E-state index in [0.29, 0.717) is 18.0 Å². The Labute approximate surface area is 122 Å². The Hall–Kier alpha value is -2.28. The highest BCUT2D eigenvalue weighted by molar-refractivity contribution is 5.89. The van der Waals surface area contributed by atoms with Gasteiger partial charge in [-0.25, -0.2) is 4.79 Å². The number of carboxylic acids is 1. The molecule has 0 bridgehead atoms. The third kappa shape index (κ3) is 6.62. The monoisotopic (exact) mass is 296 g/mol. The largest absolute Gasteiger partial charge is 0.494 e. The first kappa shape index (κ1) is 16.8. The maximum absolute atomic E-state index is 11.6. The summed E-state index contributed by atoms with van der Waals surface area (Å²) in [6, 6.07) is 6.28. The zero-order valence-corrected chi connectivity index (χ0v) is 12.0. The lowest BCUT2D eigenvalue weighted by Crippen LogP contribution is -2.43. The number of amides is 2. The summed E-state index contributed by atoms with van der Waals surface area (Å²) in [6.07, 6.45) is -0.448. The average molecular weight is 296 g/mol. The normalized spacial score (nSPS) is 13.1. The van der Waals surface area contributed by atoms with E-state index in [2.05, 4.69) is 10.6 Å². The van der Waals surface area contributed by atoms with Crippen LogP contribution in [0.4, 0.5) is 10.5 Å². The predicted octanol–water partition coefficient (Wildman–Crippen LogP) is 1.43. The molecule has 1 aromatic rings. The van der Waals surface area contributed by atoms with E-state index in [0.717, 1.165) is 0 Å². The SMILES string of the molecule is CCOc1ccc(NC(=O)NCC(C)(O)CC(=O)O)cc1. The van der Waals surface area contributed by atoms with Crippen LogP contribution in [0.25, 0.3) is 0 Å². The molecule has 0 aliphatic carbocycles. The molecule has 1 unspecified atom stereocenters. The molecule has 0 radical (unpaired) electrons. The van der Waals surface area contributed by atoms with Crippen molar-refractivity contribution in [3.63, 3.8) is 0 Å². The lowest BCUT2D eigenvalue weighted by Gasteiger charge is -2.21. The number of hydrogen-bond donors (Lipinski definition) is 4. The van der Waals surface area contributed by atoms with Gasteiger partial charge in [-0.1, -0.05) is 0 Å². The minimum atomic E-state index is -1.50. The fourth-order valence-electron chi connectivity index (χ4n) is 1.64. The fourth-order valence-corrected chi connectivity index (χ4v) is 1.64. The first-order valence-electron chi connectivity index (χ1n) is 6.54. The van der Waals surface area contributed by atoms with Gasteiger partial charge in [0.05, 0.1) is 18.6 Å². The van der Waals surface area contributed by atoms with Gasteiger partial charge in [0.25, 0.3) is 0 Å². The number of urea groups is 1. The third-order valence-corrected chi connectivity index (χ3v) is 2.59. The summed E-state index contributed by atoms with van der Waals surface area (Å²) in [6.45, 7) is 3.62. The lowest BCUT2D eigenvalue weighted by molar-refractivity contribution is -0.141. The molecular weight excluding hydrogens is 276 g/mol. The van der Waals surface area contributed by atoms with Crippen molar-refractivity contribution in [3.8, 4) is 5.75 Å². The molecule has 0 aromatic heterocycles. The van der Waals surface area contributed by atoms with Gasteiger partial charge in [0.15, 0.2) is 0 Å². The molecule has 0 saturated carbocycles. The van der Waals surface area contributed by atoms with Crippen LogP contribution in [-0.4, -0.2) is 41.0 Å². The molecule has 2 amide bonds. The maximum Gasteiger partial charge on any atom is 0.319 e. The van der Waals surface area contributed by atoms with Crippen molar-refractivity contribution in [1.29, 1.82) is 0 Å². The van der Waals surface area contributed by atoms with Crippen molar-refractivity contribution < 1.29 is 24.5 Å². The van der Waals surface area contributed by atoms with Crippen LogP contribution in [0.1, 0.15) is 20.3 Å². The number of hydrogen-bond acceptors (Lipinski definition) is 4. The molecule has 1 atom stereocenters. The summed E-state index contributed by atoms with van der Waals surface area (Å²) < 4.78 is 5.28. The summed E-state index contributed by atoms with van der Waals surface area (Å²) in [5.41, 5.74) is -0.934. The molecule has 21 heavy (non-hydrogen) atoms. The van der Waals surface area contributed by atoms with Crippen LogP contribution in [-0.2, 0) is 4.79 Å². The predicted molar refractivity (Wildman–Crippen MR) is 77.5 cm³/mol. The Balaban J connectivity index is 2.44. The molecule has 116 valence electrons. The van der Waals surface area contributed by atoms with E-state index in [1.54, 1.807) is 24.3 Å². The van der Waals surface area contributed by atoms with Crippen molar-refractivity contribution in [2.45, 2.75) is 25.9 Å². The zero-order chi connectivity index (χ0) is 15.9. The van der Waals surface area contributed by atoms with Gasteiger partial charge in [-0.2, -0.15) is 0 Å². The van der Waals surface area contributed by atoms with Crippen LogP contribution in [0.3, 0.4) is 0 Å². The molecule has 0 heterocycles. The molecule has 7 heteroatoms. The minimum Gasteiger partial charge on any atom is -0.494 e. The Morgan fingerprint density at radius 1 is 1.29 bits per heavy atom. The van der Waals surface area contributed by atoms with Crippen molar-refractivity contribution in [1.82, 2.24) is 5.32 Å². The van der Waals surface area contributed by atoms with Crippen molar-refractivity contribution >= 4 is 17.7 Å². The van der Waals surface area contributed by atoms with E-state index >= 15 is 0 Å². The van der Waals surface area contributed by atoms with Crippen molar-refractivity contribution in [2.24, 2.45) is 0 Å². The smallest absolute Gasteiger partial charge is 0.319 e. The van der Waals surface area contributed by atoms with Crippen LogP contribution >= 0.6 is 0 Å². The highest BCUT2D eigenvalue weighted by Gasteiger charge is 2.24. The first-order valence-corrected chi connectivity index (χ1v) is 6.54. The minimum absolute atomic E-state index is 0.165. The fraction of sp³-hybridized carbons (Fsp3) is 0.429. The van der Waals surface area contributed by atoms with Crippen molar-refractivity contribution in [3.05, 3.63) is 24.3 Å². The van der Waals surface area contributed by atoms with E-state index in [1.807, 2.05) is 6.92 Å². The van der Waals surface area contributed by atoms with Gasteiger partial charge >= 0.3 is 12.0 Å². The third-order valence-electron chi connectivity index (χ3n) is 2.59. The molecule has 0 aliphatic heterocycles. The van der Waals surface area contributed by atoms with E-state index in [-0.39, 0.29) is 6.54 Å².